The van der Waals surface area contributed by atoms with Crippen LogP contribution in [0, 0.1) is 23.7 Å². The summed E-state index contributed by atoms with van der Waals surface area (Å²) in [5.74, 6) is -4.69. The van der Waals surface area contributed by atoms with Gasteiger partial charge in [0.1, 0.15) is 29.7 Å². The molecule has 3 amide bonds. The number of amides is 3. The van der Waals surface area contributed by atoms with E-state index in [1.807, 2.05) is 68.4 Å². The van der Waals surface area contributed by atoms with Crippen LogP contribution < -0.4 is 16.0 Å². The second-order valence-corrected chi connectivity index (χ2v) is 18.6. The number of benzene rings is 2. The molecule has 0 radical (unpaired) electrons. The summed E-state index contributed by atoms with van der Waals surface area (Å²) in [6, 6.07) is 11.5. The van der Waals surface area contributed by atoms with Gasteiger partial charge >= 0.3 is 18.2 Å². The van der Waals surface area contributed by atoms with E-state index < -0.39 is 95.8 Å². The van der Waals surface area contributed by atoms with Crippen LogP contribution in [0.4, 0.5) is 9.59 Å². The molecule has 4 saturated heterocycles. The van der Waals surface area contributed by atoms with E-state index in [-0.39, 0.29) is 56.3 Å². The fourth-order valence-corrected chi connectivity index (χ4v) is 10.3. The summed E-state index contributed by atoms with van der Waals surface area (Å²) in [5, 5.41) is 22.3. The number of likely N-dealkylation sites (N-methyl/N-ethyl adjacent to an activating group) is 1. The number of rotatable bonds is 7. The maximum atomic E-state index is 14.5. The van der Waals surface area contributed by atoms with Crippen LogP contribution in [0.5, 0.6) is 0 Å². The number of nitrogens with one attached hydrogen (secondary N) is 3. The lowest BCUT2D eigenvalue weighted by atomic mass is 9.73. The van der Waals surface area contributed by atoms with Crippen LogP contribution in [-0.2, 0) is 49.2 Å². The summed E-state index contributed by atoms with van der Waals surface area (Å²) in [6.45, 7) is 13.6. The number of hydrogen-bond donors (Lipinski definition) is 4. The van der Waals surface area contributed by atoms with Crippen molar-refractivity contribution in [2.75, 3.05) is 27.2 Å². The Bertz CT molecular complexity index is 1960. The normalized spacial score (nSPS) is 38.7. The zero-order chi connectivity index (χ0) is 45.3. The van der Waals surface area contributed by atoms with Crippen LogP contribution in [0.2, 0.25) is 0 Å². The maximum Gasteiger partial charge on any atom is 0.408 e. The number of carbonyl (C=O) groups excluding carboxylic acids is 5. The van der Waals surface area contributed by atoms with Gasteiger partial charge in [0, 0.05) is 30.3 Å². The summed E-state index contributed by atoms with van der Waals surface area (Å²) in [5.41, 5.74) is -2.22. The van der Waals surface area contributed by atoms with Gasteiger partial charge in [-0.1, -0.05) is 70.2 Å². The van der Waals surface area contributed by atoms with Gasteiger partial charge in [0.25, 0.3) is 0 Å². The number of cyclic esters (lactones) is 1. The molecule has 4 aliphatic heterocycles. The predicted octanol–water partition coefficient (Wildman–Crippen LogP) is 4.27. The summed E-state index contributed by atoms with van der Waals surface area (Å²) in [4.78, 5) is 71.7. The van der Waals surface area contributed by atoms with Crippen molar-refractivity contribution < 1.29 is 57.5 Å². The Labute approximate surface area is 364 Å². The van der Waals surface area contributed by atoms with Crippen molar-refractivity contribution in [3.05, 3.63) is 48.0 Å². The summed E-state index contributed by atoms with van der Waals surface area (Å²) >= 11 is 0. The summed E-state index contributed by atoms with van der Waals surface area (Å²) in [7, 11) is 3.71. The monoisotopic (exact) mass is 866 g/mol. The van der Waals surface area contributed by atoms with Gasteiger partial charge in [-0.2, -0.15) is 0 Å². The number of ketones is 1. The van der Waals surface area contributed by atoms with Crippen LogP contribution in [0.25, 0.3) is 10.8 Å². The molecule has 2 aromatic rings. The topological polar surface area (TPSA) is 200 Å². The number of ether oxygens (including phenoxy) is 6. The van der Waals surface area contributed by atoms with Gasteiger partial charge in [0.05, 0.1) is 43.2 Å². The fraction of sp³-hybridized carbons (Fsp3) is 0.674. The average molecular weight is 867 g/mol. The van der Waals surface area contributed by atoms with E-state index in [4.69, 9.17) is 28.4 Å². The number of aliphatic hydroxyl groups is 1. The third-order valence-corrected chi connectivity index (χ3v) is 13.5. The molecule has 2 aromatic carbocycles. The lowest BCUT2D eigenvalue weighted by Gasteiger charge is -2.48. The molecule has 16 heteroatoms. The van der Waals surface area contributed by atoms with Crippen molar-refractivity contribution in [3.8, 4) is 0 Å². The molecule has 0 aromatic heterocycles. The highest BCUT2D eigenvalue weighted by Crippen LogP contribution is 2.42. The summed E-state index contributed by atoms with van der Waals surface area (Å²) < 4.78 is 38.3. The molecule has 1 unspecified atom stereocenters. The standard InChI is InChI=1S/C46H66N4O12/c1-11-34-46(8)39(49-44(56)62-46)26(4)36(52)24(2)21-45(7)40(60-42-37(53)33(50(9)10)19-25(3)58-42)27(5)38(28(6)41(54)59-34)57-23-31(22-47-43(55)61-45)48-35(51)20-30-17-14-16-29-15-12-13-18-32(29)30/h12-18,24-28,31,33-34,37-40,42,53H,11,19-23H2,1-10H3,(H,47,55)(H,48,51)(H,49,56)/t24-,25-,26+,27+,28-,31?,33+,34-,37-,38+,39+,40-,42+,45-,46-/m1/s1. The Morgan fingerprint density at radius 1 is 0.968 bits per heavy atom. The quantitative estimate of drug-likeness (QED) is 0.228. The molecule has 0 aliphatic carbocycles. The number of Topliss-reactive ketones (excluding diaryl/α,β-unsaturated/α-hetero) is 1. The van der Waals surface area contributed by atoms with Gasteiger partial charge in [0.15, 0.2) is 11.9 Å². The smallest absolute Gasteiger partial charge is 0.408 e. The summed E-state index contributed by atoms with van der Waals surface area (Å²) in [6.07, 6.45) is -6.63. The molecule has 4 fully saturated rings. The number of fused-ring (bicyclic) bond motifs is 5. The first kappa shape index (κ1) is 47.1. The minimum Gasteiger partial charge on any atom is -0.458 e. The van der Waals surface area contributed by atoms with Gasteiger partial charge < -0.3 is 54.4 Å². The van der Waals surface area contributed by atoms with E-state index in [0.717, 1.165) is 16.3 Å². The van der Waals surface area contributed by atoms with Crippen molar-refractivity contribution in [1.82, 2.24) is 20.9 Å². The third kappa shape index (κ3) is 9.89. The molecule has 0 saturated carbocycles. The molecule has 342 valence electrons. The van der Waals surface area contributed by atoms with Crippen molar-refractivity contribution >= 4 is 40.6 Å². The number of carbonyl (C=O) groups is 5. The number of hydrogen-bond acceptors (Lipinski definition) is 13. The van der Waals surface area contributed by atoms with Gasteiger partial charge in [-0.25, -0.2) is 9.59 Å². The Morgan fingerprint density at radius 3 is 2.39 bits per heavy atom. The Kier molecular flexibility index (Phi) is 14.6. The van der Waals surface area contributed by atoms with E-state index in [9.17, 15) is 29.1 Å². The second-order valence-electron chi connectivity index (χ2n) is 18.6. The van der Waals surface area contributed by atoms with Crippen LogP contribution in [-0.4, -0.2) is 133 Å². The van der Waals surface area contributed by atoms with E-state index in [1.165, 1.54) is 0 Å². The zero-order valence-corrected chi connectivity index (χ0v) is 37.7. The highest BCUT2D eigenvalue weighted by atomic mass is 16.7. The number of esters is 1. The second kappa shape index (κ2) is 19.2. The molecule has 62 heavy (non-hydrogen) atoms. The molecule has 4 aliphatic rings. The highest BCUT2D eigenvalue weighted by molar-refractivity contribution is 5.90. The zero-order valence-electron chi connectivity index (χ0n) is 37.7. The molecule has 15 atom stereocenters. The number of alkyl carbamates (subject to hydrolysis) is 2. The van der Waals surface area contributed by atoms with E-state index in [2.05, 4.69) is 16.0 Å². The van der Waals surface area contributed by atoms with Crippen molar-refractivity contribution in [2.45, 2.75) is 147 Å². The largest absolute Gasteiger partial charge is 0.458 e. The fourth-order valence-electron chi connectivity index (χ4n) is 10.3. The molecule has 0 spiro atoms. The maximum absolute atomic E-state index is 14.5. The average Bonchev–Trinajstić information content (AvgIpc) is 3.53. The highest BCUT2D eigenvalue weighted by Gasteiger charge is 2.58. The van der Waals surface area contributed by atoms with E-state index >= 15 is 0 Å². The predicted molar refractivity (Wildman–Crippen MR) is 228 cm³/mol. The molecular weight excluding hydrogens is 801 g/mol. The van der Waals surface area contributed by atoms with Crippen molar-refractivity contribution in [2.24, 2.45) is 23.7 Å². The molecular formula is C46H66N4O12. The number of nitrogens with zero attached hydrogens (tertiary/aromatic N) is 1. The first-order valence-electron chi connectivity index (χ1n) is 22.0. The van der Waals surface area contributed by atoms with E-state index in [0.29, 0.717) is 6.42 Å². The minimum absolute atomic E-state index is 0.0524. The van der Waals surface area contributed by atoms with E-state index in [1.54, 1.807) is 48.5 Å². The number of aliphatic hydroxyl groups excluding tert-OH is 1. The Morgan fingerprint density at radius 2 is 1.68 bits per heavy atom. The third-order valence-electron chi connectivity index (χ3n) is 13.5. The lowest BCUT2D eigenvalue weighted by molar-refractivity contribution is -0.299. The van der Waals surface area contributed by atoms with Gasteiger partial charge in [-0.15, -0.1) is 0 Å². The molecule has 4 N–H and O–H groups in total. The SMILES string of the molecule is CC[C@H]1OC(=O)[C@H](C)[C@H]2OCC(NC(=O)Cc3cccc4ccccc34)CNC(=O)O[C@](C)(C[C@@H](C)C(=O)[C@H](C)[C@@H]3NC(=O)O[C@]13C)[C@H](O[C@@H]1O[C@H](C)C[C@H](N(C)C)[C@H]1O)[C@H]2C. The molecule has 2 bridgehead atoms. The van der Waals surface area contributed by atoms with Crippen molar-refractivity contribution in [1.29, 1.82) is 0 Å². The molecule has 6 rings (SSSR count). The van der Waals surface area contributed by atoms with Crippen molar-refractivity contribution in [3.63, 3.8) is 0 Å². The van der Waals surface area contributed by atoms with Crippen LogP contribution in [0.1, 0.15) is 80.2 Å². The van der Waals surface area contributed by atoms with Crippen LogP contribution in [0.15, 0.2) is 42.5 Å². The Balaban J connectivity index is 1.42. The molecule has 16 nitrogen and oxygen atoms in total. The van der Waals surface area contributed by atoms with Crippen LogP contribution >= 0.6 is 0 Å². The van der Waals surface area contributed by atoms with Crippen LogP contribution in [0.3, 0.4) is 0 Å². The molecule has 4 heterocycles. The van der Waals surface area contributed by atoms with Gasteiger partial charge in [-0.05, 0) is 77.4 Å². The lowest BCUT2D eigenvalue weighted by Crippen LogP contribution is -2.61. The minimum atomic E-state index is -1.63. The van der Waals surface area contributed by atoms with Gasteiger partial charge in [-0.3, -0.25) is 14.4 Å². The first-order chi connectivity index (χ1) is 29.3. The van der Waals surface area contributed by atoms with Gasteiger partial charge in [0.2, 0.25) is 5.91 Å². The Hall–Kier alpha value is -4.35. The first-order valence-corrected chi connectivity index (χ1v) is 22.0.